The number of anilines is 1. The van der Waals surface area contributed by atoms with Gasteiger partial charge in [0.05, 0.1) is 30.0 Å². The molecule has 4 N–H and O–H groups in total. The lowest BCUT2D eigenvalue weighted by atomic mass is 10.0. The lowest BCUT2D eigenvalue weighted by molar-refractivity contribution is -0.143. The number of halogens is 1. The van der Waals surface area contributed by atoms with Crippen LogP contribution in [0.25, 0.3) is 0 Å². The van der Waals surface area contributed by atoms with Crippen LogP contribution < -0.4 is 21.1 Å². The van der Waals surface area contributed by atoms with Gasteiger partial charge in [0.2, 0.25) is 5.91 Å². The van der Waals surface area contributed by atoms with Gasteiger partial charge in [-0.1, -0.05) is 37.3 Å². The Hall–Kier alpha value is -2.56. The Balaban J connectivity index is 1.16. The first kappa shape index (κ1) is 36.9. The number of amides is 2. The number of carbonyl (C=O) groups is 3. The van der Waals surface area contributed by atoms with Crippen molar-refractivity contribution in [1.82, 2.24) is 20.4 Å². The topological polar surface area (TPSA) is 126 Å². The van der Waals surface area contributed by atoms with Crippen LogP contribution in [0.15, 0.2) is 12.1 Å². The van der Waals surface area contributed by atoms with E-state index in [2.05, 4.69) is 20.4 Å². The Labute approximate surface area is 275 Å². The van der Waals surface area contributed by atoms with Crippen molar-refractivity contribution in [2.24, 2.45) is 0 Å². The highest BCUT2D eigenvalue weighted by atomic mass is 35.5. The molecule has 0 aromatic heterocycles. The van der Waals surface area contributed by atoms with Crippen LogP contribution in [-0.4, -0.2) is 92.7 Å². The number of methoxy groups -OCH3 is 1. The van der Waals surface area contributed by atoms with Crippen molar-refractivity contribution in [3.63, 3.8) is 0 Å². The van der Waals surface area contributed by atoms with E-state index in [-0.39, 0.29) is 23.8 Å². The van der Waals surface area contributed by atoms with E-state index in [4.69, 9.17) is 26.8 Å². The van der Waals surface area contributed by atoms with Crippen LogP contribution in [0.1, 0.15) is 107 Å². The summed E-state index contributed by atoms with van der Waals surface area (Å²) in [6.45, 7) is 8.46. The predicted molar refractivity (Wildman–Crippen MR) is 180 cm³/mol. The summed E-state index contributed by atoms with van der Waals surface area (Å²) < 4.78 is 10.3. The monoisotopic (exact) mass is 649 g/mol. The lowest BCUT2D eigenvalue weighted by Crippen LogP contribution is -2.45. The molecule has 0 atom stereocenters. The second-order valence-corrected chi connectivity index (χ2v) is 12.9. The first-order valence-electron chi connectivity index (χ1n) is 17.1. The number of benzene rings is 1. The predicted octanol–water partition coefficient (Wildman–Crippen LogP) is 5.17. The van der Waals surface area contributed by atoms with Gasteiger partial charge < -0.3 is 35.6 Å². The number of carbonyl (C=O) groups excluding carboxylic acids is 3. The minimum Gasteiger partial charge on any atom is -0.496 e. The molecule has 45 heavy (non-hydrogen) atoms. The molecule has 2 heterocycles. The summed E-state index contributed by atoms with van der Waals surface area (Å²) in [5, 5.41) is 6.73. The zero-order valence-electron chi connectivity index (χ0n) is 27.5. The summed E-state index contributed by atoms with van der Waals surface area (Å²) >= 11 is 6.13. The molecular formula is C34H56ClN5O5. The number of nitrogens with one attached hydrogen (secondary N) is 2. The number of likely N-dealkylation sites (tertiary alicyclic amines) is 2. The number of hydrogen-bond acceptors (Lipinski definition) is 8. The van der Waals surface area contributed by atoms with E-state index in [1.54, 1.807) is 12.1 Å². The zero-order chi connectivity index (χ0) is 32.4. The maximum Gasteiger partial charge on any atom is 0.305 e. The Bertz CT molecular complexity index is 1060. The maximum absolute atomic E-state index is 12.8. The van der Waals surface area contributed by atoms with Crippen LogP contribution in [0, 0.1) is 0 Å². The van der Waals surface area contributed by atoms with E-state index >= 15 is 0 Å². The Morgan fingerprint density at radius 3 is 1.96 bits per heavy atom. The molecule has 11 heteroatoms. The summed E-state index contributed by atoms with van der Waals surface area (Å²) in [7, 11) is 1.51. The summed E-state index contributed by atoms with van der Waals surface area (Å²) in [5.74, 6) is 0.339. The minimum absolute atomic E-state index is 0.0780. The third-order valence-electron chi connectivity index (χ3n) is 8.98. The molecule has 2 aliphatic heterocycles. The van der Waals surface area contributed by atoms with Crippen LogP contribution in [-0.2, 0) is 14.3 Å². The second kappa shape index (κ2) is 20.5. The Morgan fingerprint density at radius 1 is 0.822 bits per heavy atom. The van der Waals surface area contributed by atoms with Gasteiger partial charge in [0, 0.05) is 57.2 Å². The zero-order valence-corrected chi connectivity index (χ0v) is 28.3. The third kappa shape index (κ3) is 13.8. The number of piperidine rings is 2. The highest BCUT2D eigenvalue weighted by Gasteiger charge is 2.23. The molecule has 254 valence electrons. The van der Waals surface area contributed by atoms with E-state index in [9.17, 15) is 14.4 Å². The van der Waals surface area contributed by atoms with Gasteiger partial charge in [-0.2, -0.15) is 0 Å². The van der Waals surface area contributed by atoms with Crippen LogP contribution in [0.5, 0.6) is 5.75 Å². The normalized spacial score (nSPS) is 16.8. The van der Waals surface area contributed by atoms with Crippen LogP contribution in [0.4, 0.5) is 5.69 Å². The number of hydrogen-bond donors (Lipinski definition) is 3. The molecule has 3 rings (SSSR count). The maximum atomic E-state index is 12.8. The summed E-state index contributed by atoms with van der Waals surface area (Å²) in [6, 6.07) is 3.56. The Kier molecular flexibility index (Phi) is 16.8. The molecule has 0 saturated carbocycles. The SMILES string of the molecule is CCOC(=O)CCCCCCCN1CCC(NC(=O)CCCCCN2CCC(NC(=O)c3cc(Cl)c(N)cc3OC)CC2)CC1. The van der Waals surface area contributed by atoms with Gasteiger partial charge >= 0.3 is 5.97 Å². The molecule has 0 unspecified atom stereocenters. The van der Waals surface area contributed by atoms with E-state index in [0.717, 1.165) is 97.1 Å². The van der Waals surface area contributed by atoms with Crippen molar-refractivity contribution in [3.05, 3.63) is 22.7 Å². The number of nitrogens with two attached hydrogens (primary N) is 1. The minimum atomic E-state index is -0.192. The molecule has 0 spiro atoms. The van der Waals surface area contributed by atoms with Crippen molar-refractivity contribution in [2.75, 3.05) is 58.7 Å². The molecule has 2 fully saturated rings. The second-order valence-electron chi connectivity index (χ2n) is 12.5. The fourth-order valence-corrected chi connectivity index (χ4v) is 6.41. The molecule has 1 aromatic carbocycles. The quantitative estimate of drug-likeness (QED) is 0.106. The number of ether oxygens (including phenoxy) is 2. The van der Waals surface area contributed by atoms with Crippen molar-refractivity contribution in [3.8, 4) is 5.75 Å². The van der Waals surface area contributed by atoms with E-state index in [1.807, 2.05) is 6.92 Å². The fraction of sp³-hybridized carbons (Fsp3) is 0.735. The van der Waals surface area contributed by atoms with Gasteiger partial charge in [0.25, 0.3) is 5.91 Å². The number of nitrogen functional groups attached to an aromatic ring is 1. The van der Waals surface area contributed by atoms with E-state index < -0.39 is 0 Å². The first-order valence-corrected chi connectivity index (χ1v) is 17.5. The van der Waals surface area contributed by atoms with Crippen LogP contribution in [0.3, 0.4) is 0 Å². The molecule has 1 aromatic rings. The highest BCUT2D eigenvalue weighted by Crippen LogP contribution is 2.29. The molecule has 0 aliphatic carbocycles. The van der Waals surface area contributed by atoms with Gasteiger partial charge in [0.1, 0.15) is 5.75 Å². The summed E-state index contributed by atoms with van der Waals surface area (Å²) in [5.41, 5.74) is 6.62. The van der Waals surface area contributed by atoms with Gasteiger partial charge in [-0.05, 0) is 77.4 Å². The molecular weight excluding hydrogens is 594 g/mol. The highest BCUT2D eigenvalue weighted by molar-refractivity contribution is 6.33. The lowest BCUT2D eigenvalue weighted by Gasteiger charge is -2.32. The summed E-state index contributed by atoms with van der Waals surface area (Å²) in [6.07, 6.45) is 13.6. The molecule has 2 aliphatic rings. The fourth-order valence-electron chi connectivity index (χ4n) is 6.25. The first-order chi connectivity index (χ1) is 21.8. The Morgan fingerprint density at radius 2 is 1.36 bits per heavy atom. The number of unbranched alkanes of at least 4 members (excludes halogenated alkanes) is 6. The average molecular weight is 650 g/mol. The van der Waals surface area contributed by atoms with Gasteiger partial charge in [-0.25, -0.2) is 0 Å². The molecule has 10 nitrogen and oxygen atoms in total. The third-order valence-corrected chi connectivity index (χ3v) is 9.30. The molecule has 0 bridgehead atoms. The average Bonchev–Trinajstić information content (AvgIpc) is 3.03. The smallest absolute Gasteiger partial charge is 0.305 e. The van der Waals surface area contributed by atoms with E-state index in [1.165, 1.54) is 26.4 Å². The molecule has 0 radical (unpaired) electrons. The van der Waals surface area contributed by atoms with Gasteiger partial charge in [-0.3, -0.25) is 14.4 Å². The number of esters is 1. The molecule has 2 amide bonds. The molecule has 2 saturated heterocycles. The standard InChI is InChI=1S/C34H56ClN5O5/c1-3-45-33(42)13-9-5-4-6-10-18-39-20-14-26(15-21-39)37-32(41)12-8-7-11-19-40-22-16-27(17-23-40)38-34(43)28-24-29(35)30(36)25-31(28)44-2/h24-27H,3-23,36H2,1-2H3,(H,37,41)(H,38,43). The van der Waals surface area contributed by atoms with Crippen molar-refractivity contribution < 1.29 is 23.9 Å². The largest absolute Gasteiger partial charge is 0.496 e. The number of nitrogens with zero attached hydrogens (tertiary/aromatic N) is 2. The van der Waals surface area contributed by atoms with Crippen LogP contribution >= 0.6 is 11.6 Å². The van der Waals surface area contributed by atoms with Crippen molar-refractivity contribution >= 4 is 35.1 Å². The van der Waals surface area contributed by atoms with Gasteiger partial charge in [0.15, 0.2) is 0 Å². The van der Waals surface area contributed by atoms with Crippen molar-refractivity contribution in [1.29, 1.82) is 0 Å². The van der Waals surface area contributed by atoms with E-state index in [0.29, 0.717) is 47.5 Å². The number of rotatable bonds is 19. The van der Waals surface area contributed by atoms with Crippen molar-refractivity contribution in [2.45, 2.75) is 109 Å². The summed E-state index contributed by atoms with van der Waals surface area (Å²) in [4.78, 5) is 41.7. The van der Waals surface area contributed by atoms with Crippen LogP contribution in [0.2, 0.25) is 5.02 Å². The van der Waals surface area contributed by atoms with Gasteiger partial charge in [-0.15, -0.1) is 0 Å².